The molecule has 1 saturated heterocycles. The van der Waals surface area contributed by atoms with Gasteiger partial charge in [-0.1, -0.05) is 134 Å². The highest BCUT2D eigenvalue weighted by molar-refractivity contribution is 7.96. The zero-order valence-corrected chi connectivity index (χ0v) is 26.8. The van der Waals surface area contributed by atoms with Gasteiger partial charge in [0.1, 0.15) is 18.1 Å². The first-order chi connectivity index (χ1) is 22.4. The molecule has 1 unspecified atom stereocenters. The third-order valence-electron chi connectivity index (χ3n) is 8.32. The summed E-state index contributed by atoms with van der Waals surface area (Å²) in [6, 6.07) is 37.2. The van der Waals surface area contributed by atoms with Crippen molar-refractivity contribution < 1.29 is 29.0 Å². The third kappa shape index (κ3) is 6.14. The molecule has 236 valence electrons. The van der Waals surface area contributed by atoms with Crippen LogP contribution in [0, 0.1) is 5.92 Å². The topological polar surface area (TPSA) is 93.1 Å². The Morgan fingerprint density at radius 2 is 1.30 bits per heavy atom. The van der Waals surface area contributed by atoms with Crippen LogP contribution in [0.3, 0.4) is 0 Å². The van der Waals surface area contributed by atoms with E-state index in [1.807, 2.05) is 121 Å². The Hall–Kier alpha value is -4.55. The van der Waals surface area contributed by atoms with Gasteiger partial charge in [0.15, 0.2) is 5.78 Å². The lowest BCUT2D eigenvalue weighted by Crippen LogP contribution is -2.68. The molecular formula is C38H38NO6P. The molecule has 46 heavy (non-hydrogen) atoms. The quantitative estimate of drug-likeness (QED) is 0.101. The van der Waals surface area contributed by atoms with Crippen LogP contribution in [0.25, 0.3) is 0 Å². The van der Waals surface area contributed by atoms with Crippen LogP contribution in [0.15, 0.2) is 134 Å². The minimum atomic E-state index is -3.16. The van der Waals surface area contributed by atoms with Crippen molar-refractivity contribution in [3.05, 3.63) is 140 Å². The number of nitrogens with zero attached hydrogens (tertiary/aromatic N) is 1. The van der Waals surface area contributed by atoms with Crippen LogP contribution in [-0.2, 0) is 23.9 Å². The van der Waals surface area contributed by atoms with Crippen molar-refractivity contribution in [1.82, 2.24) is 4.90 Å². The second kappa shape index (κ2) is 14.7. The van der Waals surface area contributed by atoms with Gasteiger partial charge in [0.25, 0.3) is 0 Å². The number of methoxy groups -OCH3 is 1. The van der Waals surface area contributed by atoms with Crippen molar-refractivity contribution in [1.29, 1.82) is 0 Å². The highest BCUT2D eigenvalue weighted by Gasteiger charge is 2.56. The summed E-state index contributed by atoms with van der Waals surface area (Å²) >= 11 is 0. The van der Waals surface area contributed by atoms with Gasteiger partial charge in [0.2, 0.25) is 5.91 Å². The van der Waals surface area contributed by atoms with Gasteiger partial charge in [-0.2, -0.15) is 0 Å². The molecular weight excluding hydrogens is 597 g/mol. The smallest absolute Gasteiger partial charge is 0.356 e. The maximum atomic E-state index is 14.5. The molecule has 8 heteroatoms. The Balaban J connectivity index is 1.82. The second-order valence-electron chi connectivity index (χ2n) is 11.1. The number of amides is 1. The summed E-state index contributed by atoms with van der Waals surface area (Å²) in [4.78, 5) is 44.2. The van der Waals surface area contributed by atoms with Crippen molar-refractivity contribution in [2.24, 2.45) is 5.92 Å². The van der Waals surface area contributed by atoms with Gasteiger partial charge in [-0.25, -0.2) is 4.79 Å². The predicted molar refractivity (Wildman–Crippen MR) is 183 cm³/mol. The average molecular weight is 636 g/mol. The molecule has 7 nitrogen and oxygen atoms in total. The molecule has 5 rings (SSSR count). The number of carbonyl (C=O) groups is 3. The van der Waals surface area contributed by atoms with E-state index in [4.69, 9.17) is 9.47 Å². The normalized spacial score (nSPS) is 17.4. The van der Waals surface area contributed by atoms with E-state index in [2.05, 4.69) is 6.58 Å². The average Bonchev–Trinajstić information content (AvgIpc) is 3.09. The highest BCUT2D eigenvalue weighted by Crippen LogP contribution is 2.50. The summed E-state index contributed by atoms with van der Waals surface area (Å²) in [5.41, 5.74) is 0.821. The van der Waals surface area contributed by atoms with Crippen molar-refractivity contribution >= 4 is 45.9 Å². The van der Waals surface area contributed by atoms with E-state index in [-0.39, 0.29) is 24.2 Å². The fourth-order valence-corrected chi connectivity index (χ4v) is 10.7. The molecule has 0 bridgehead atoms. The maximum Gasteiger partial charge on any atom is 0.356 e. The summed E-state index contributed by atoms with van der Waals surface area (Å²) in [5.74, 6) is -2.32. The van der Waals surface area contributed by atoms with E-state index in [0.717, 1.165) is 15.9 Å². The number of esters is 1. The molecule has 1 aliphatic heterocycles. The summed E-state index contributed by atoms with van der Waals surface area (Å²) in [6.07, 6.45) is -0.626. The first-order valence-corrected chi connectivity index (χ1v) is 17.0. The van der Waals surface area contributed by atoms with Crippen molar-refractivity contribution in [2.45, 2.75) is 31.6 Å². The van der Waals surface area contributed by atoms with E-state index in [9.17, 15) is 19.5 Å². The van der Waals surface area contributed by atoms with Gasteiger partial charge in [-0.15, -0.1) is 0 Å². The molecule has 1 fully saturated rings. The van der Waals surface area contributed by atoms with Crippen LogP contribution in [-0.4, -0.2) is 58.9 Å². The molecule has 0 aliphatic carbocycles. The number of aliphatic hydroxyl groups excluding tert-OH is 1. The molecule has 0 spiro atoms. The number of aliphatic hydroxyl groups is 1. The fraction of sp³-hybridized carbons (Fsp3) is 0.211. The number of rotatable bonds is 13. The molecule has 0 aromatic heterocycles. The lowest BCUT2D eigenvalue weighted by molar-refractivity contribution is -0.159. The minimum Gasteiger partial charge on any atom is -0.457 e. The SMILES string of the molecule is C=CCOC(=O)C(N1C(=O)[C@H]([C@@H](C)O)[C@H]1CC(=O)C(OC)c1ccccc1)=P(c1ccccc1)(c1ccccc1)c1ccccc1. The third-order valence-corrected chi connectivity index (χ3v) is 12.6. The van der Waals surface area contributed by atoms with Crippen molar-refractivity contribution in [3.8, 4) is 0 Å². The largest absolute Gasteiger partial charge is 0.457 e. The molecule has 4 atom stereocenters. The van der Waals surface area contributed by atoms with Gasteiger partial charge in [-0.05, 0) is 28.4 Å². The van der Waals surface area contributed by atoms with E-state index in [1.165, 1.54) is 25.0 Å². The minimum absolute atomic E-state index is 0.0775. The highest BCUT2D eigenvalue weighted by atomic mass is 31.2. The number of likely N-dealkylation sites (tertiary alicyclic amines) is 1. The molecule has 0 radical (unpaired) electrons. The van der Waals surface area contributed by atoms with Crippen LogP contribution in [0.2, 0.25) is 0 Å². The first-order valence-electron chi connectivity index (χ1n) is 15.2. The van der Waals surface area contributed by atoms with Crippen LogP contribution in [0.4, 0.5) is 0 Å². The van der Waals surface area contributed by atoms with E-state index >= 15 is 0 Å². The zero-order chi connectivity index (χ0) is 32.7. The number of benzene rings is 4. The fourth-order valence-electron chi connectivity index (χ4n) is 6.33. The molecule has 1 aliphatic rings. The molecule has 1 heterocycles. The van der Waals surface area contributed by atoms with E-state index < -0.39 is 42.9 Å². The van der Waals surface area contributed by atoms with E-state index in [0.29, 0.717) is 5.56 Å². The van der Waals surface area contributed by atoms with Crippen molar-refractivity contribution in [2.75, 3.05) is 13.7 Å². The molecule has 4 aromatic rings. The van der Waals surface area contributed by atoms with Crippen LogP contribution in [0.1, 0.15) is 25.0 Å². The number of carbonyl (C=O) groups excluding carboxylic acids is 3. The number of hydrogen-bond acceptors (Lipinski definition) is 6. The first kappa shape index (κ1) is 32.8. The standard InChI is InChI=1S/C38H38NO6P/c1-4-25-45-38(43)37(39-32(34(27(2)40)36(39)42)26-33(41)35(44-3)28-17-9-5-10-18-28)46(29-19-11-6-12-20-29,30-21-13-7-14-22-30)31-23-15-8-16-24-31/h4-24,27,32,34-35,40H,1,25-26H2,2-3H3/t27-,32-,34-,35?/m1/s1. The Labute approximate surface area is 270 Å². The Morgan fingerprint density at radius 3 is 1.72 bits per heavy atom. The lowest BCUT2D eigenvalue weighted by Gasteiger charge is -2.51. The summed E-state index contributed by atoms with van der Waals surface area (Å²) in [7, 11) is 1.46. The maximum absolute atomic E-state index is 14.5. The van der Waals surface area contributed by atoms with Gasteiger partial charge < -0.3 is 19.5 Å². The van der Waals surface area contributed by atoms with E-state index in [1.54, 1.807) is 0 Å². The number of ketones is 1. The molecule has 1 amide bonds. The Morgan fingerprint density at radius 1 is 0.848 bits per heavy atom. The monoisotopic (exact) mass is 635 g/mol. The molecule has 0 saturated carbocycles. The number of β-lactam (4-membered cyclic amide) rings is 1. The number of Topliss-reactive ketones (excluding diaryl/α,β-unsaturated/α-hetero) is 1. The summed E-state index contributed by atoms with van der Waals surface area (Å²) in [6.45, 7) is 2.02. The molecule has 4 aromatic carbocycles. The van der Waals surface area contributed by atoms with Crippen LogP contribution in [0.5, 0.6) is 0 Å². The lowest BCUT2D eigenvalue weighted by atomic mass is 9.79. The van der Waals surface area contributed by atoms with Gasteiger partial charge in [0, 0.05) is 20.4 Å². The molecule has 1 N–H and O–H groups in total. The summed E-state index contributed by atoms with van der Waals surface area (Å²) < 4.78 is 11.4. The van der Waals surface area contributed by atoms with Gasteiger partial charge in [-0.3, -0.25) is 9.59 Å². The number of hydrogen-bond donors (Lipinski definition) is 1. The second-order valence-corrected chi connectivity index (χ2v) is 14.4. The predicted octanol–water partition coefficient (Wildman–Crippen LogP) is 4.39. The van der Waals surface area contributed by atoms with Crippen molar-refractivity contribution in [3.63, 3.8) is 0 Å². The Kier molecular flexibility index (Phi) is 10.5. The zero-order valence-electron chi connectivity index (χ0n) is 25.9. The van der Waals surface area contributed by atoms with Gasteiger partial charge in [0.05, 0.1) is 18.1 Å². The summed E-state index contributed by atoms with van der Waals surface area (Å²) in [5, 5.41) is 13.3. The Bertz CT molecular complexity index is 1620. The van der Waals surface area contributed by atoms with Gasteiger partial charge >= 0.3 is 5.97 Å². The number of ether oxygens (including phenoxy) is 2. The van der Waals surface area contributed by atoms with Crippen LogP contribution < -0.4 is 15.9 Å². The van der Waals surface area contributed by atoms with Crippen LogP contribution >= 0.6 is 6.89 Å².